The van der Waals surface area contributed by atoms with Crippen LogP contribution in [0.15, 0.2) is 53.3 Å². The van der Waals surface area contributed by atoms with E-state index in [-0.39, 0.29) is 11.4 Å². The minimum Gasteiger partial charge on any atom is -0.373 e. The standard InChI is InChI=1S/C16H20N4O5S/c1-18(15-5-7-16(8-6-15)20(21)22)17-12-14-4-2-9-19(13-14)10-3-11-26(23,24)25/h2,4-9,12H,3,10-11,13H2,1H3,(H,23,24,25). The molecule has 140 valence electrons. The highest BCUT2D eigenvalue weighted by atomic mass is 32.2. The fourth-order valence-electron chi connectivity index (χ4n) is 2.33. The van der Waals surface area contributed by atoms with Gasteiger partial charge < -0.3 is 4.90 Å². The lowest BCUT2D eigenvalue weighted by Gasteiger charge is -2.23. The van der Waals surface area contributed by atoms with Crippen LogP contribution in [0.1, 0.15) is 6.42 Å². The molecule has 0 saturated carbocycles. The molecule has 0 saturated heterocycles. The SMILES string of the molecule is CN(N=CC1=CC=CN(CCCS(=O)(=O)O)C1)c1ccc([N+](=O)[O-])cc1. The lowest BCUT2D eigenvalue weighted by atomic mass is 10.2. The molecule has 0 amide bonds. The van der Waals surface area contributed by atoms with Crippen molar-refractivity contribution in [1.29, 1.82) is 0 Å². The monoisotopic (exact) mass is 380 g/mol. The third-order valence-corrected chi connectivity index (χ3v) is 4.48. The summed E-state index contributed by atoms with van der Waals surface area (Å²) >= 11 is 0. The Balaban J connectivity index is 1.89. The molecule has 9 nitrogen and oxygen atoms in total. The van der Waals surface area contributed by atoms with Gasteiger partial charge in [-0.3, -0.25) is 19.7 Å². The first-order valence-corrected chi connectivity index (χ1v) is 9.44. The van der Waals surface area contributed by atoms with Crippen LogP contribution in [0.3, 0.4) is 0 Å². The van der Waals surface area contributed by atoms with E-state index < -0.39 is 15.0 Å². The Bertz CT molecular complexity index is 831. The van der Waals surface area contributed by atoms with Crippen LogP contribution < -0.4 is 5.01 Å². The van der Waals surface area contributed by atoms with E-state index in [0.717, 1.165) is 5.57 Å². The summed E-state index contributed by atoms with van der Waals surface area (Å²) in [6.07, 6.45) is 7.59. The zero-order valence-electron chi connectivity index (χ0n) is 14.2. The number of nitrogens with zero attached hydrogens (tertiary/aromatic N) is 4. The molecule has 1 aromatic carbocycles. The number of nitro benzene ring substituents is 1. The molecule has 0 radical (unpaired) electrons. The van der Waals surface area contributed by atoms with E-state index in [1.807, 2.05) is 23.3 Å². The van der Waals surface area contributed by atoms with Crippen LogP contribution in [0.5, 0.6) is 0 Å². The van der Waals surface area contributed by atoms with Crippen molar-refractivity contribution in [3.63, 3.8) is 0 Å². The summed E-state index contributed by atoms with van der Waals surface area (Å²) in [5, 5.41) is 16.6. The van der Waals surface area contributed by atoms with E-state index in [0.29, 0.717) is 25.2 Å². The first kappa shape index (κ1) is 19.6. The number of nitro groups is 1. The van der Waals surface area contributed by atoms with Gasteiger partial charge in [-0.1, -0.05) is 6.08 Å². The molecule has 1 aliphatic heterocycles. The minimum absolute atomic E-state index is 0.0202. The van der Waals surface area contributed by atoms with Gasteiger partial charge in [-0.25, -0.2) is 0 Å². The van der Waals surface area contributed by atoms with Gasteiger partial charge in [0.25, 0.3) is 15.8 Å². The van der Waals surface area contributed by atoms with Crippen LogP contribution in [0.25, 0.3) is 0 Å². The van der Waals surface area contributed by atoms with Crippen molar-refractivity contribution in [3.05, 3.63) is 58.3 Å². The number of benzene rings is 1. The molecule has 26 heavy (non-hydrogen) atoms. The Labute approximate surface area is 151 Å². The third-order valence-electron chi connectivity index (χ3n) is 3.67. The third kappa shape index (κ3) is 6.30. The van der Waals surface area contributed by atoms with Gasteiger partial charge in [0.1, 0.15) is 0 Å². The van der Waals surface area contributed by atoms with Gasteiger partial charge in [0.2, 0.25) is 0 Å². The van der Waals surface area contributed by atoms with Crippen LogP contribution in [0.2, 0.25) is 0 Å². The van der Waals surface area contributed by atoms with E-state index in [1.54, 1.807) is 30.4 Å². The average Bonchev–Trinajstić information content (AvgIpc) is 2.59. The molecule has 0 spiro atoms. The van der Waals surface area contributed by atoms with E-state index >= 15 is 0 Å². The molecule has 0 aromatic heterocycles. The Morgan fingerprint density at radius 1 is 1.38 bits per heavy atom. The Morgan fingerprint density at radius 3 is 2.69 bits per heavy atom. The second kappa shape index (κ2) is 8.59. The molecule has 1 heterocycles. The van der Waals surface area contributed by atoms with Crippen molar-refractivity contribution in [3.8, 4) is 0 Å². The maximum Gasteiger partial charge on any atom is 0.269 e. The average molecular weight is 380 g/mol. The zero-order chi connectivity index (χ0) is 19.2. The number of rotatable bonds is 8. The highest BCUT2D eigenvalue weighted by Gasteiger charge is 2.10. The maximum absolute atomic E-state index is 10.8. The van der Waals surface area contributed by atoms with E-state index in [2.05, 4.69) is 5.10 Å². The van der Waals surface area contributed by atoms with E-state index in [1.165, 1.54) is 12.1 Å². The molecule has 1 N–H and O–H groups in total. The molecule has 10 heteroatoms. The van der Waals surface area contributed by atoms with Crippen molar-refractivity contribution >= 4 is 27.7 Å². The van der Waals surface area contributed by atoms with Crippen molar-refractivity contribution in [1.82, 2.24) is 4.90 Å². The van der Waals surface area contributed by atoms with Crippen LogP contribution in [-0.4, -0.2) is 54.9 Å². The predicted octanol–water partition coefficient (Wildman–Crippen LogP) is 2.05. The summed E-state index contributed by atoms with van der Waals surface area (Å²) in [6, 6.07) is 6.07. The molecular formula is C16H20N4O5S. The van der Waals surface area contributed by atoms with E-state index in [9.17, 15) is 18.5 Å². The summed E-state index contributed by atoms with van der Waals surface area (Å²) in [5.41, 5.74) is 1.66. The number of allylic oxidation sites excluding steroid dienone is 2. The molecule has 1 aliphatic rings. The van der Waals surface area contributed by atoms with Crippen LogP contribution in [0.4, 0.5) is 11.4 Å². The van der Waals surface area contributed by atoms with Gasteiger partial charge in [0.15, 0.2) is 0 Å². The number of anilines is 1. The normalized spacial score (nSPS) is 14.5. The number of non-ortho nitro benzene ring substituents is 1. The molecule has 0 atom stereocenters. The van der Waals surface area contributed by atoms with Crippen molar-refractivity contribution < 1.29 is 17.9 Å². The highest BCUT2D eigenvalue weighted by Crippen LogP contribution is 2.18. The van der Waals surface area contributed by atoms with Crippen molar-refractivity contribution in [2.24, 2.45) is 5.10 Å². The van der Waals surface area contributed by atoms with Gasteiger partial charge in [-0.15, -0.1) is 0 Å². The summed E-state index contributed by atoms with van der Waals surface area (Å²) in [4.78, 5) is 12.1. The highest BCUT2D eigenvalue weighted by molar-refractivity contribution is 7.85. The predicted molar refractivity (Wildman–Crippen MR) is 99.8 cm³/mol. The zero-order valence-corrected chi connectivity index (χ0v) is 15.0. The maximum atomic E-state index is 10.8. The van der Waals surface area contributed by atoms with Gasteiger partial charge >= 0.3 is 0 Å². The lowest BCUT2D eigenvalue weighted by Crippen LogP contribution is -2.25. The smallest absolute Gasteiger partial charge is 0.269 e. The summed E-state index contributed by atoms with van der Waals surface area (Å²) in [5.74, 6) is -0.270. The Kier molecular flexibility index (Phi) is 6.47. The summed E-state index contributed by atoms with van der Waals surface area (Å²) in [7, 11) is -2.20. The fraction of sp³-hybridized carbons (Fsp3) is 0.312. The molecule has 1 aromatic rings. The molecule has 2 rings (SSSR count). The van der Waals surface area contributed by atoms with E-state index in [4.69, 9.17) is 4.55 Å². The fourth-order valence-corrected chi connectivity index (χ4v) is 2.83. The number of hydrogen-bond donors (Lipinski definition) is 1. The van der Waals surface area contributed by atoms with Crippen molar-refractivity contribution in [2.45, 2.75) is 6.42 Å². The van der Waals surface area contributed by atoms with Crippen LogP contribution in [0, 0.1) is 10.1 Å². The van der Waals surface area contributed by atoms with Gasteiger partial charge in [0, 0.05) is 32.3 Å². The first-order valence-electron chi connectivity index (χ1n) is 7.83. The second-order valence-corrected chi connectivity index (χ2v) is 7.31. The van der Waals surface area contributed by atoms with Crippen molar-refractivity contribution in [2.75, 3.05) is 30.9 Å². The van der Waals surface area contributed by atoms with Crippen LogP contribution >= 0.6 is 0 Å². The van der Waals surface area contributed by atoms with Gasteiger partial charge in [-0.2, -0.15) is 13.5 Å². The minimum atomic E-state index is -3.94. The second-order valence-electron chi connectivity index (χ2n) is 5.73. The molecule has 0 fully saturated rings. The first-order chi connectivity index (χ1) is 12.2. The van der Waals surface area contributed by atoms with Gasteiger partial charge in [0.05, 0.1) is 22.6 Å². The largest absolute Gasteiger partial charge is 0.373 e. The molecule has 0 unspecified atom stereocenters. The van der Waals surface area contributed by atoms with Gasteiger partial charge in [-0.05, 0) is 36.4 Å². The Hall–Kier alpha value is -2.72. The molecular weight excluding hydrogens is 360 g/mol. The number of hydrazone groups is 1. The lowest BCUT2D eigenvalue weighted by molar-refractivity contribution is -0.384. The quantitative estimate of drug-likeness (QED) is 0.317. The molecule has 0 bridgehead atoms. The summed E-state index contributed by atoms with van der Waals surface area (Å²) < 4.78 is 30.3. The molecule has 0 aliphatic carbocycles. The number of hydrogen-bond acceptors (Lipinski definition) is 7. The summed E-state index contributed by atoms with van der Waals surface area (Å²) in [6.45, 7) is 1.07. The topological polar surface area (TPSA) is 116 Å². The Morgan fingerprint density at radius 2 is 2.08 bits per heavy atom. The van der Waals surface area contributed by atoms with Crippen LogP contribution in [-0.2, 0) is 10.1 Å².